The summed E-state index contributed by atoms with van der Waals surface area (Å²) in [5.74, 6) is -3.48. The number of halogens is 4. The Morgan fingerprint density at radius 3 is 2.50 bits per heavy atom. The summed E-state index contributed by atoms with van der Waals surface area (Å²) < 4.78 is 44.3. The van der Waals surface area contributed by atoms with Crippen molar-refractivity contribution >= 4 is 23.2 Å². The van der Waals surface area contributed by atoms with Crippen LogP contribution in [0.1, 0.15) is 5.69 Å². The molecule has 0 amide bonds. The Morgan fingerprint density at radius 1 is 1.10 bits per heavy atom. The maximum atomic E-state index is 13.5. The smallest absolute Gasteiger partial charge is 0.229 e. The number of aromatic nitrogens is 2. The second kappa shape index (κ2) is 6.06. The molecule has 0 saturated carbocycles. The fraction of sp³-hybridized carbons (Fsp3) is 0.167. The largest absolute Gasteiger partial charge is 0.378 e. The average molecular weight is 304 g/mol. The van der Waals surface area contributed by atoms with Gasteiger partial charge in [-0.3, -0.25) is 0 Å². The highest BCUT2D eigenvalue weighted by atomic mass is 35.5. The summed E-state index contributed by atoms with van der Waals surface area (Å²) in [6, 6.07) is 2.57. The Kier molecular flexibility index (Phi) is 4.41. The predicted octanol–water partition coefficient (Wildman–Crippen LogP) is 3.44. The molecule has 106 valence electrons. The molecule has 0 unspecified atom stereocenters. The zero-order valence-electron chi connectivity index (χ0n) is 10.3. The van der Waals surface area contributed by atoms with Gasteiger partial charge in [0.15, 0.2) is 11.6 Å². The Hall–Kier alpha value is -1.86. The van der Waals surface area contributed by atoms with Gasteiger partial charge in [0.1, 0.15) is 11.0 Å². The van der Waals surface area contributed by atoms with Crippen LogP contribution >= 0.6 is 11.6 Å². The number of methoxy groups -OCH3 is 1. The third-order valence-corrected chi connectivity index (χ3v) is 2.49. The first kappa shape index (κ1) is 14.5. The second-order valence-electron chi connectivity index (χ2n) is 3.81. The summed E-state index contributed by atoms with van der Waals surface area (Å²) in [5, 5.41) is 2.54. The highest BCUT2D eigenvalue weighted by molar-refractivity contribution is 6.29. The van der Waals surface area contributed by atoms with Crippen LogP contribution < -0.4 is 5.32 Å². The number of ether oxygens (including phenoxy) is 1. The summed E-state index contributed by atoms with van der Waals surface area (Å²) in [4.78, 5) is 7.81. The molecule has 0 radical (unpaired) electrons. The van der Waals surface area contributed by atoms with Crippen LogP contribution in [0, 0.1) is 17.5 Å². The van der Waals surface area contributed by atoms with Crippen LogP contribution in [0.2, 0.25) is 5.15 Å². The van der Waals surface area contributed by atoms with Gasteiger partial charge in [-0.15, -0.1) is 0 Å². The van der Waals surface area contributed by atoms with Crippen LogP contribution in [0.4, 0.5) is 24.8 Å². The second-order valence-corrected chi connectivity index (χ2v) is 4.20. The lowest BCUT2D eigenvalue weighted by atomic mass is 10.3. The van der Waals surface area contributed by atoms with E-state index in [1.54, 1.807) is 0 Å². The van der Waals surface area contributed by atoms with Gasteiger partial charge in [-0.1, -0.05) is 11.6 Å². The summed E-state index contributed by atoms with van der Waals surface area (Å²) in [6.45, 7) is 0.178. The molecular weight excluding hydrogens is 295 g/mol. The van der Waals surface area contributed by atoms with Crippen LogP contribution in [0.15, 0.2) is 18.2 Å². The molecule has 2 rings (SSSR count). The van der Waals surface area contributed by atoms with Crippen molar-refractivity contribution in [3.05, 3.63) is 46.5 Å². The summed E-state index contributed by atoms with van der Waals surface area (Å²) in [5.41, 5.74) is 0.160. The van der Waals surface area contributed by atoms with Crippen LogP contribution in [0.25, 0.3) is 0 Å². The maximum absolute atomic E-state index is 13.5. The lowest BCUT2D eigenvalue weighted by molar-refractivity contribution is 0.181. The van der Waals surface area contributed by atoms with Gasteiger partial charge in [0, 0.05) is 19.2 Å². The van der Waals surface area contributed by atoms with Gasteiger partial charge in [-0.05, 0) is 6.07 Å². The molecule has 20 heavy (non-hydrogen) atoms. The van der Waals surface area contributed by atoms with Crippen LogP contribution in [-0.4, -0.2) is 17.1 Å². The molecule has 0 spiro atoms. The highest BCUT2D eigenvalue weighted by Crippen LogP contribution is 2.22. The van der Waals surface area contributed by atoms with Crippen molar-refractivity contribution < 1.29 is 17.9 Å². The molecule has 0 saturated heterocycles. The van der Waals surface area contributed by atoms with E-state index in [0.29, 0.717) is 17.8 Å². The lowest BCUT2D eigenvalue weighted by Gasteiger charge is -2.08. The van der Waals surface area contributed by atoms with E-state index in [1.807, 2.05) is 0 Å². The van der Waals surface area contributed by atoms with Crippen molar-refractivity contribution in [2.45, 2.75) is 6.61 Å². The van der Waals surface area contributed by atoms with Gasteiger partial charge in [0.25, 0.3) is 0 Å². The topological polar surface area (TPSA) is 47.0 Å². The van der Waals surface area contributed by atoms with E-state index in [1.165, 1.54) is 13.2 Å². The van der Waals surface area contributed by atoms with E-state index < -0.39 is 17.5 Å². The minimum atomic E-state index is -1.28. The van der Waals surface area contributed by atoms with Crippen molar-refractivity contribution in [3.63, 3.8) is 0 Å². The van der Waals surface area contributed by atoms with E-state index in [0.717, 1.165) is 0 Å². The maximum Gasteiger partial charge on any atom is 0.229 e. The van der Waals surface area contributed by atoms with E-state index in [2.05, 4.69) is 15.3 Å². The molecule has 1 N–H and O–H groups in total. The number of nitrogens with zero attached hydrogens (tertiary/aromatic N) is 2. The van der Waals surface area contributed by atoms with E-state index >= 15 is 0 Å². The monoisotopic (exact) mass is 303 g/mol. The molecule has 1 aromatic carbocycles. The summed E-state index contributed by atoms with van der Waals surface area (Å²) in [6.07, 6.45) is 0. The van der Waals surface area contributed by atoms with Gasteiger partial charge in [0.2, 0.25) is 5.95 Å². The minimum absolute atomic E-state index is 0.0468. The Balaban J connectivity index is 2.32. The van der Waals surface area contributed by atoms with Gasteiger partial charge in [-0.2, -0.15) is 0 Å². The molecule has 1 heterocycles. The van der Waals surface area contributed by atoms with Crippen LogP contribution in [0.5, 0.6) is 0 Å². The van der Waals surface area contributed by atoms with E-state index in [9.17, 15) is 13.2 Å². The molecule has 0 fully saturated rings. The fourth-order valence-corrected chi connectivity index (χ4v) is 1.69. The number of hydrogen-bond acceptors (Lipinski definition) is 4. The highest BCUT2D eigenvalue weighted by Gasteiger charge is 2.12. The summed E-state index contributed by atoms with van der Waals surface area (Å²) >= 11 is 5.77. The van der Waals surface area contributed by atoms with E-state index in [4.69, 9.17) is 16.3 Å². The molecular formula is C12H9ClF3N3O. The van der Waals surface area contributed by atoms with Crippen molar-refractivity contribution in [2.24, 2.45) is 0 Å². The van der Waals surface area contributed by atoms with Crippen molar-refractivity contribution in [3.8, 4) is 0 Å². The summed E-state index contributed by atoms with van der Waals surface area (Å²) in [7, 11) is 1.47. The third kappa shape index (κ3) is 3.37. The van der Waals surface area contributed by atoms with Crippen LogP contribution in [-0.2, 0) is 11.3 Å². The molecule has 0 aliphatic carbocycles. The zero-order chi connectivity index (χ0) is 14.7. The Labute approximate surface area is 117 Å². The first-order chi connectivity index (χ1) is 9.49. The Morgan fingerprint density at radius 2 is 1.80 bits per heavy atom. The normalized spacial score (nSPS) is 10.7. The lowest BCUT2D eigenvalue weighted by Crippen LogP contribution is -2.04. The van der Waals surface area contributed by atoms with Gasteiger partial charge in [-0.25, -0.2) is 23.1 Å². The molecule has 0 atom stereocenters. The number of benzene rings is 1. The number of anilines is 2. The first-order valence-electron chi connectivity index (χ1n) is 5.43. The number of rotatable bonds is 4. The van der Waals surface area contributed by atoms with Crippen LogP contribution in [0.3, 0.4) is 0 Å². The first-order valence-corrected chi connectivity index (χ1v) is 5.81. The number of hydrogen-bond donors (Lipinski definition) is 1. The molecule has 0 aliphatic heterocycles. The molecule has 0 aliphatic rings. The third-order valence-electron chi connectivity index (χ3n) is 2.30. The molecule has 8 heteroatoms. The fourth-order valence-electron chi connectivity index (χ4n) is 1.48. The minimum Gasteiger partial charge on any atom is -0.378 e. The quantitative estimate of drug-likeness (QED) is 0.694. The van der Waals surface area contributed by atoms with Crippen molar-refractivity contribution in [2.75, 3.05) is 12.4 Å². The molecule has 2 aromatic rings. The average Bonchev–Trinajstić information content (AvgIpc) is 2.35. The van der Waals surface area contributed by atoms with Gasteiger partial charge in [0.05, 0.1) is 18.0 Å². The Bertz CT molecular complexity index is 640. The molecule has 4 nitrogen and oxygen atoms in total. The predicted molar refractivity (Wildman–Crippen MR) is 67.4 cm³/mol. The zero-order valence-corrected chi connectivity index (χ0v) is 11.0. The van der Waals surface area contributed by atoms with Crippen molar-refractivity contribution in [1.82, 2.24) is 9.97 Å². The van der Waals surface area contributed by atoms with Gasteiger partial charge < -0.3 is 10.1 Å². The standard InChI is InChI=1S/C12H9ClF3N3O/c1-20-5-6-2-11(13)19-12(17-6)18-10-4-8(15)7(14)3-9(10)16/h2-4H,5H2,1H3,(H,17,18,19). The van der Waals surface area contributed by atoms with Crippen molar-refractivity contribution in [1.29, 1.82) is 0 Å². The number of nitrogens with one attached hydrogen (secondary N) is 1. The SMILES string of the molecule is COCc1cc(Cl)nc(Nc2cc(F)c(F)cc2F)n1. The van der Waals surface area contributed by atoms with Gasteiger partial charge >= 0.3 is 0 Å². The molecule has 1 aromatic heterocycles. The molecule has 0 bridgehead atoms. The van der Waals surface area contributed by atoms with E-state index in [-0.39, 0.29) is 23.4 Å².